The van der Waals surface area contributed by atoms with Gasteiger partial charge >= 0.3 is 15.6 Å². The van der Waals surface area contributed by atoms with Gasteiger partial charge in [0.2, 0.25) is 0 Å². The van der Waals surface area contributed by atoms with E-state index in [1.807, 2.05) is 0 Å². The zero-order chi connectivity index (χ0) is 18.9. The lowest BCUT2D eigenvalue weighted by Gasteiger charge is -2.39. The third-order valence-corrected chi connectivity index (χ3v) is 5.43. The summed E-state index contributed by atoms with van der Waals surface area (Å²) in [5, 5.41) is 0. The molecule has 1 aliphatic heterocycles. The minimum absolute atomic E-state index is 0.0768. The molecule has 0 radical (unpaired) electrons. The molecule has 0 spiro atoms. The summed E-state index contributed by atoms with van der Waals surface area (Å²) in [6.45, 7) is 6.30. The highest BCUT2D eigenvalue weighted by molar-refractivity contribution is 7.88. The fraction of sp³-hybridized carbons (Fsp3) is 0.625. The number of quaternary nitrogens is 1. The summed E-state index contributed by atoms with van der Waals surface area (Å²) >= 11 is 0. The zero-order valence-corrected chi connectivity index (χ0v) is 15.3. The fourth-order valence-electron chi connectivity index (χ4n) is 3.36. The normalized spacial score (nSPS) is 17.9. The molecule has 1 heterocycles. The Bertz CT molecular complexity index is 713. The van der Waals surface area contributed by atoms with Crippen molar-refractivity contribution in [3.8, 4) is 11.5 Å². The van der Waals surface area contributed by atoms with Gasteiger partial charge in [-0.15, -0.1) is 0 Å². The van der Waals surface area contributed by atoms with E-state index in [1.54, 1.807) is 0 Å². The van der Waals surface area contributed by atoms with Crippen LogP contribution in [0.15, 0.2) is 18.2 Å². The summed E-state index contributed by atoms with van der Waals surface area (Å²) in [5.41, 5.74) is -4.78. The molecule has 0 saturated carbocycles. The van der Waals surface area contributed by atoms with Gasteiger partial charge in [0.15, 0.2) is 6.04 Å². The molecule has 0 amide bonds. The second-order valence-corrected chi connectivity index (χ2v) is 7.97. The Labute approximate surface area is 146 Å². The quantitative estimate of drug-likeness (QED) is 0.411. The predicted molar refractivity (Wildman–Crippen MR) is 86.8 cm³/mol. The maximum absolute atomic E-state index is 12.5. The van der Waals surface area contributed by atoms with Crippen molar-refractivity contribution in [3.63, 3.8) is 0 Å². The van der Waals surface area contributed by atoms with Crippen molar-refractivity contribution in [3.05, 3.63) is 23.8 Å². The molecule has 0 aromatic heterocycles. The Morgan fingerprint density at radius 1 is 1.24 bits per heavy atom. The van der Waals surface area contributed by atoms with Gasteiger partial charge in [-0.1, -0.05) is 13.8 Å². The Balaban J connectivity index is 2.36. The summed E-state index contributed by atoms with van der Waals surface area (Å²) in [5.74, 6) is 0.199. The van der Waals surface area contributed by atoms with Crippen molar-refractivity contribution < 1.29 is 35.0 Å². The third-order valence-electron chi connectivity index (χ3n) is 4.45. The van der Waals surface area contributed by atoms with Gasteiger partial charge in [-0.05, 0) is 31.0 Å². The van der Waals surface area contributed by atoms with Crippen molar-refractivity contribution >= 4 is 10.1 Å². The molecule has 1 unspecified atom stereocenters. The number of nitrogens with zero attached hydrogens (tertiary/aromatic N) is 1. The number of fused-ring (bicyclic) bond motifs is 1. The van der Waals surface area contributed by atoms with E-state index in [0.717, 1.165) is 25.9 Å². The van der Waals surface area contributed by atoms with Crippen LogP contribution in [0.25, 0.3) is 0 Å². The summed E-state index contributed by atoms with van der Waals surface area (Å²) < 4.78 is 70.6. The Hall–Kier alpha value is -1.48. The molecule has 0 N–H and O–H groups in total. The van der Waals surface area contributed by atoms with E-state index in [0.29, 0.717) is 22.4 Å². The first-order valence-corrected chi connectivity index (χ1v) is 9.56. The van der Waals surface area contributed by atoms with Gasteiger partial charge in [0.25, 0.3) is 0 Å². The fourth-order valence-corrected chi connectivity index (χ4v) is 3.82. The maximum atomic E-state index is 12.5. The molecular weight excluding hydrogens is 359 g/mol. The second kappa shape index (κ2) is 7.03. The molecule has 5 nitrogen and oxygen atoms in total. The number of halogens is 3. The van der Waals surface area contributed by atoms with Crippen LogP contribution in [-0.4, -0.2) is 45.2 Å². The van der Waals surface area contributed by atoms with E-state index in [4.69, 9.17) is 4.74 Å². The summed E-state index contributed by atoms with van der Waals surface area (Å²) in [4.78, 5) is 0. The van der Waals surface area contributed by atoms with Gasteiger partial charge in [-0.2, -0.15) is 21.6 Å². The molecule has 1 aliphatic rings. The van der Waals surface area contributed by atoms with Crippen LogP contribution in [0.3, 0.4) is 0 Å². The molecule has 0 saturated heterocycles. The lowest BCUT2D eigenvalue weighted by molar-refractivity contribution is -0.938. The van der Waals surface area contributed by atoms with E-state index < -0.39 is 15.6 Å². The highest BCUT2D eigenvalue weighted by atomic mass is 32.2. The van der Waals surface area contributed by atoms with E-state index in [2.05, 4.69) is 25.1 Å². The van der Waals surface area contributed by atoms with E-state index in [-0.39, 0.29) is 11.8 Å². The van der Waals surface area contributed by atoms with Crippen LogP contribution in [0.5, 0.6) is 11.5 Å². The molecule has 25 heavy (non-hydrogen) atoms. The first kappa shape index (κ1) is 19.8. The Morgan fingerprint density at radius 3 is 2.36 bits per heavy atom. The van der Waals surface area contributed by atoms with E-state index >= 15 is 0 Å². The number of alkyl halides is 3. The van der Waals surface area contributed by atoms with Crippen LogP contribution >= 0.6 is 0 Å². The predicted octanol–water partition coefficient (Wildman–Crippen LogP) is 3.62. The van der Waals surface area contributed by atoms with Crippen molar-refractivity contribution in [2.24, 2.45) is 0 Å². The van der Waals surface area contributed by atoms with Gasteiger partial charge in [-0.25, -0.2) is 0 Å². The average Bonchev–Trinajstić information content (AvgIpc) is 2.90. The van der Waals surface area contributed by atoms with Crippen molar-refractivity contribution in [1.82, 2.24) is 0 Å². The lowest BCUT2D eigenvalue weighted by Crippen LogP contribution is -2.48. The van der Waals surface area contributed by atoms with Crippen molar-refractivity contribution in [2.75, 3.05) is 26.7 Å². The van der Waals surface area contributed by atoms with Crippen LogP contribution < -0.4 is 8.92 Å². The van der Waals surface area contributed by atoms with Gasteiger partial charge < -0.3 is 13.4 Å². The van der Waals surface area contributed by atoms with Gasteiger partial charge in [0, 0.05) is 0 Å². The Kier molecular flexibility index (Phi) is 5.58. The number of benzene rings is 1. The summed E-state index contributed by atoms with van der Waals surface area (Å²) in [7, 11) is -3.61. The Morgan fingerprint density at radius 2 is 1.84 bits per heavy atom. The number of likely N-dealkylation sites (N-methyl/N-ethyl adjacent to an activating group) is 1. The van der Waals surface area contributed by atoms with Crippen LogP contribution in [0.1, 0.15) is 38.3 Å². The first-order chi connectivity index (χ1) is 11.5. The number of hydrogen-bond donors (Lipinski definition) is 0. The standard InChI is InChI=1S/C16H23F3NO4S/c1-4-8-20(3,9-5-2)14-11-23-15-7-6-12(10-13(14)15)24-25(21,22)16(17,18)19/h6-7,10,14H,4-5,8-9,11H2,1-3H3/q+1. The largest absolute Gasteiger partial charge is 0.534 e. The topological polar surface area (TPSA) is 52.6 Å². The van der Waals surface area contributed by atoms with Crippen LogP contribution in [0.2, 0.25) is 0 Å². The molecule has 142 valence electrons. The second-order valence-electron chi connectivity index (χ2n) is 6.44. The SMILES string of the molecule is CCC[N+](C)(CCC)C1COc2ccc(OS(=O)(=O)C(F)(F)F)cc21. The van der Waals surface area contributed by atoms with Crippen LogP contribution in [0.4, 0.5) is 13.2 Å². The smallest absolute Gasteiger partial charge is 0.486 e. The molecule has 0 fully saturated rings. The van der Waals surface area contributed by atoms with E-state index in [9.17, 15) is 21.6 Å². The minimum atomic E-state index is -5.69. The molecular formula is C16H23F3NO4S+. The molecule has 0 bridgehead atoms. The van der Waals surface area contributed by atoms with Crippen molar-refractivity contribution in [1.29, 1.82) is 0 Å². The molecule has 1 aromatic rings. The number of hydrogen-bond acceptors (Lipinski definition) is 4. The first-order valence-electron chi connectivity index (χ1n) is 8.16. The minimum Gasteiger partial charge on any atom is -0.486 e. The van der Waals surface area contributed by atoms with Crippen molar-refractivity contribution in [2.45, 2.75) is 38.2 Å². The molecule has 1 aromatic carbocycles. The average molecular weight is 382 g/mol. The molecule has 2 rings (SSSR count). The highest BCUT2D eigenvalue weighted by Crippen LogP contribution is 2.42. The molecule has 0 aliphatic carbocycles. The molecule has 1 atom stereocenters. The lowest BCUT2D eigenvalue weighted by atomic mass is 10.0. The van der Waals surface area contributed by atoms with Gasteiger partial charge in [0.1, 0.15) is 18.1 Å². The van der Waals surface area contributed by atoms with Gasteiger partial charge in [-0.3, -0.25) is 0 Å². The highest BCUT2D eigenvalue weighted by Gasteiger charge is 2.49. The maximum Gasteiger partial charge on any atom is 0.534 e. The summed E-state index contributed by atoms with van der Waals surface area (Å²) in [6, 6.07) is 3.90. The van der Waals surface area contributed by atoms with Crippen LogP contribution in [0, 0.1) is 0 Å². The number of rotatable bonds is 7. The zero-order valence-electron chi connectivity index (χ0n) is 14.5. The third kappa shape index (κ3) is 4.03. The van der Waals surface area contributed by atoms with Crippen LogP contribution in [-0.2, 0) is 10.1 Å². The molecule has 9 heteroatoms. The van der Waals surface area contributed by atoms with Gasteiger partial charge in [0.05, 0.1) is 25.7 Å². The summed E-state index contributed by atoms with van der Waals surface area (Å²) in [6.07, 6.45) is 1.89. The van der Waals surface area contributed by atoms with E-state index in [1.165, 1.54) is 18.2 Å². The number of ether oxygens (including phenoxy) is 1. The monoisotopic (exact) mass is 382 g/mol.